The van der Waals surface area contributed by atoms with Crippen molar-refractivity contribution in [2.24, 2.45) is 5.92 Å². The first-order valence-corrected chi connectivity index (χ1v) is 6.39. The Hall–Kier alpha value is -0.690. The summed E-state index contributed by atoms with van der Waals surface area (Å²) >= 11 is 0. The van der Waals surface area contributed by atoms with Crippen molar-refractivity contribution in [3.8, 4) is 0 Å². The summed E-state index contributed by atoms with van der Waals surface area (Å²) in [4.78, 5) is 14.1. The fourth-order valence-corrected chi connectivity index (χ4v) is 1.96. The highest BCUT2D eigenvalue weighted by Gasteiger charge is 2.32. The fraction of sp³-hybridized carbons (Fsp3) is 0.917. The van der Waals surface area contributed by atoms with Crippen LogP contribution in [0, 0.1) is 5.92 Å². The van der Waals surface area contributed by atoms with Gasteiger partial charge in [-0.3, -0.25) is 4.79 Å². The van der Waals surface area contributed by atoms with Crippen molar-refractivity contribution >= 4 is 5.91 Å². The average molecular weight is 259 g/mol. The number of carbonyl (C=O) groups is 1. The van der Waals surface area contributed by atoms with Crippen molar-refractivity contribution in [2.45, 2.75) is 6.04 Å². The van der Waals surface area contributed by atoms with Gasteiger partial charge in [0, 0.05) is 32.8 Å². The van der Waals surface area contributed by atoms with Crippen LogP contribution in [0.5, 0.6) is 0 Å². The molecule has 1 aliphatic rings. The van der Waals surface area contributed by atoms with Gasteiger partial charge in [-0.25, -0.2) is 0 Å². The van der Waals surface area contributed by atoms with E-state index in [0.717, 1.165) is 13.1 Å². The summed E-state index contributed by atoms with van der Waals surface area (Å²) in [7, 11) is 5.56. The maximum absolute atomic E-state index is 11.9. The van der Waals surface area contributed by atoms with Crippen LogP contribution in [0.15, 0.2) is 0 Å². The standard InChI is InChI=1S/C12H25N3O3/c1-13-11-9-18-8-10(11)12(16)14-4-5-15(2)6-7-17-3/h10-11,13H,4-9H2,1-3H3,(H,14,16). The molecule has 0 aromatic heterocycles. The SMILES string of the molecule is CNC1COCC1C(=O)NCCN(C)CCOC. The maximum Gasteiger partial charge on any atom is 0.227 e. The molecule has 0 radical (unpaired) electrons. The summed E-state index contributed by atoms with van der Waals surface area (Å²) in [5, 5.41) is 6.06. The molecule has 2 unspecified atom stereocenters. The molecule has 1 saturated heterocycles. The second-order valence-corrected chi connectivity index (χ2v) is 4.63. The minimum atomic E-state index is -0.0701. The third kappa shape index (κ3) is 4.89. The molecular formula is C12H25N3O3. The van der Waals surface area contributed by atoms with Crippen molar-refractivity contribution in [2.75, 3.05) is 60.7 Å². The van der Waals surface area contributed by atoms with Gasteiger partial charge >= 0.3 is 0 Å². The van der Waals surface area contributed by atoms with Crippen molar-refractivity contribution in [1.82, 2.24) is 15.5 Å². The number of amides is 1. The zero-order valence-corrected chi connectivity index (χ0v) is 11.6. The highest BCUT2D eigenvalue weighted by atomic mass is 16.5. The minimum absolute atomic E-state index is 0.0701. The number of hydrogen-bond acceptors (Lipinski definition) is 5. The van der Waals surface area contributed by atoms with Crippen LogP contribution in [0.2, 0.25) is 0 Å². The second-order valence-electron chi connectivity index (χ2n) is 4.63. The summed E-state index contributed by atoms with van der Waals surface area (Å²) in [5.41, 5.74) is 0. The molecule has 0 spiro atoms. The van der Waals surface area contributed by atoms with E-state index in [1.165, 1.54) is 0 Å². The second kappa shape index (κ2) is 8.42. The Bertz CT molecular complexity index is 251. The molecular weight excluding hydrogens is 234 g/mol. The number of hydrogen-bond donors (Lipinski definition) is 2. The summed E-state index contributed by atoms with van der Waals surface area (Å²) in [6.07, 6.45) is 0. The monoisotopic (exact) mass is 259 g/mol. The van der Waals surface area contributed by atoms with Crippen molar-refractivity contribution in [1.29, 1.82) is 0 Å². The molecule has 2 atom stereocenters. The van der Waals surface area contributed by atoms with E-state index in [1.54, 1.807) is 7.11 Å². The third-order valence-electron chi connectivity index (χ3n) is 3.26. The number of likely N-dealkylation sites (N-methyl/N-ethyl adjacent to an activating group) is 2. The third-order valence-corrected chi connectivity index (χ3v) is 3.26. The highest BCUT2D eigenvalue weighted by molar-refractivity contribution is 5.79. The van der Waals surface area contributed by atoms with E-state index in [1.807, 2.05) is 14.1 Å². The van der Waals surface area contributed by atoms with Crippen LogP contribution >= 0.6 is 0 Å². The van der Waals surface area contributed by atoms with E-state index in [9.17, 15) is 4.79 Å². The molecule has 1 heterocycles. The van der Waals surface area contributed by atoms with Crippen LogP contribution in [0.1, 0.15) is 0 Å². The maximum atomic E-state index is 11.9. The zero-order chi connectivity index (χ0) is 13.4. The Labute approximate surface area is 109 Å². The molecule has 0 aliphatic carbocycles. The van der Waals surface area contributed by atoms with Gasteiger partial charge in [-0.1, -0.05) is 0 Å². The Kier molecular flexibility index (Phi) is 7.19. The van der Waals surface area contributed by atoms with Crippen LogP contribution in [0.3, 0.4) is 0 Å². The lowest BCUT2D eigenvalue weighted by molar-refractivity contribution is -0.125. The first kappa shape index (κ1) is 15.4. The summed E-state index contributed by atoms with van der Waals surface area (Å²) in [5.74, 6) is 0.00581. The normalized spacial score (nSPS) is 23.6. The molecule has 2 N–H and O–H groups in total. The van der Waals surface area contributed by atoms with E-state index < -0.39 is 0 Å². The smallest absolute Gasteiger partial charge is 0.227 e. The van der Waals surface area contributed by atoms with Crippen LogP contribution in [0.4, 0.5) is 0 Å². The molecule has 18 heavy (non-hydrogen) atoms. The van der Waals surface area contributed by atoms with Crippen LogP contribution in [-0.4, -0.2) is 77.5 Å². The molecule has 106 valence electrons. The number of nitrogens with zero attached hydrogens (tertiary/aromatic N) is 1. The number of ether oxygens (including phenoxy) is 2. The molecule has 0 aromatic carbocycles. The molecule has 6 heteroatoms. The zero-order valence-electron chi connectivity index (χ0n) is 11.6. The number of carbonyl (C=O) groups excluding carboxylic acids is 1. The highest BCUT2D eigenvalue weighted by Crippen LogP contribution is 2.13. The van der Waals surface area contributed by atoms with Crippen molar-refractivity contribution in [3.63, 3.8) is 0 Å². The average Bonchev–Trinajstić information content (AvgIpc) is 2.84. The Balaban J connectivity index is 2.16. The molecule has 0 saturated carbocycles. The number of nitrogens with one attached hydrogen (secondary N) is 2. The van der Waals surface area contributed by atoms with E-state index in [2.05, 4.69) is 15.5 Å². The first-order chi connectivity index (χ1) is 8.69. The van der Waals surface area contributed by atoms with Gasteiger partial charge in [-0.15, -0.1) is 0 Å². The first-order valence-electron chi connectivity index (χ1n) is 6.39. The van der Waals surface area contributed by atoms with Gasteiger partial charge in [0.2, 0.25) is 5.91 Å². The molecule has 1 rings (SSSR count). The van der Waals surface area contributed by atoms with Gasteiger partial charge in [-0.2, -0.15) is 0 Å². The largest absolute Gasteiger partial charge is 0.383 e. The molecule has 0 bridgehead atoms. The predicted molar refractivity (Wildman–Crippen MR) is 69.5 cm³/mol. The topological polar surface area (TPSA) is 62.8 Å². The van der Waals surface area contributed by atoms with Gasteiger partial charge in [-0.05, 0) is 14.1 Å². The van der Waals surface area contributed by atoms with Gasteiger partial charge < -0.3 is 25.0 Å². The summed E-state index contributed by atoms with van der Waals surface area (Å²) in [6.45, 7) is 4.19. The summed E-state index contributed by atoms with van der Waals surface area (Å²) in [6, 6.07) is 0.135. The molecule has 0 aromatic rings. The fourth-order valence-electron chi connectivity index (χ4n) is 1.96. The number of methoxy groups -OCH3 is 1. The van der Waals surface area contributed by atoms with Crippen LogP contribution < -0.4 is 10.6 Å². The van der Waals surface area contributed by atoms with E-state index in [0.29, 0.717) is 26.4 Å². The van der Waals surface area contributed by atoms with Gasteiger partial charge in [0.25, 0.3) is 0 Å². The van der Waals surface area contributed by atoms with Crippen molar-refractivity contribution in [3.05, 3.63) is 0 Å². The van der Waals surface area contributed by atoms with E-state index in [4.69, 9.17) is 9.47 Å². The Morgan fingerprint density at radius 1 is 1.44 bits per heavy atom. The minimum Gasteiger partial charge on any atom is -0.383 e. The van der Waals surface area contributed by atoms with Gasteiger partial charge in [0.1, 0.15) is 0 Å². The lowest BCUT2D eigenvalue weighted by Crippen LogP contribution is -2.44. The van der Waals surface area contributed by atoms with Crippen molar-refractivity contribution < 1.29 is 14.3 Å². The lowest BCUT2D eigenvalue weighted by atomic mass is 10.0. The molecule has 1 amide bonds. The Morgan fingerprint density at radius 3 is 2.89 bits per heavy atom. The predicted octanol–water partition coefficient (Wildman–Crippen LogP) is -1.08. The lowest BCUT2D eigenvalue weighted by Gasteiger charge is -2.19. The van der Waals surface area contributed by atoms with Crippen LogP contribution in [-0.2, 0) is 14.3 Å². The molecule has 1 aliphatic heterocycles. The van der Waals surface area contributed by atoms with Crippen LogP contribution in [0.25, 0.3) is 0 Å². The van der Waals surface area contributed by atoms with E-state index >= 15 is 0 Å². The number of rotatable bonds is 8. The van der Waals surface area contributed by atoms with Gasteiger partial charge in [0.15, 0.2) is 0 Å². The molecule has 1 fully saturated rings. The Morgan fingerprint density at radius 2 is 2.22 bits per heavy atom. The van der Waals surface area contributed by atoms with Gasteiger partial charge in [0.05, 0.1) is 25.7 Å². The molecule has 6 nitrogen and oxygen atoms in total. The van der Waals surface area contributed by atoms with E-state index in [-0.39, 0.29) is 17.9 Å². The quantitative estimate of drug-likeness (QED) is 0.580. The summed E-state index contributed by atoms with van der Waals surface area (Å²) < 4.78 is 10.3.